The third-order valence-corrected chi connectivity index (χ3v) is 4.96. The summed E-state index contributed by atoms with van der Waals surface area (Å²) in [5.41, 5.74) is -0.207. The monoisotopic (exact) mass is 335 g/mol. The van der Waals surface area contributed by atoms with E-state index in [-0.39, 0.29) is 35.0 Å². The predicted molar refractivity (Wildman–Crippen MR) is 86.2 cm³/mol. The molecule has 2 fully saturated rings. The number of hydrogen-bond donors (Lipinski definition) is 1. The smallest absolute Gasteiger partial charge is 0.293 e. The van der Waals surface area contributed by atoms with Gasteiger partial charge in [0, 0.05) is 44.8 Å². The molecule has 1 atom stereocenters. The van der Waals surface area contributed by atoms with Crippen LogP contribution >= 0.6 is 0 Å². The quantitative estimate of drug-likeness (QED) is 0.853. The molecule has 2 aliphatic rings. The fraction of sp³-hybridized carbons (Fsp3) is 0.750. The Balaban J connectivity index is 1.81. The molecule has 8 heteroatoms. The molecule has 132 valence electrons. The molecular weight excluding hydrogens is 310 g/mol. The molecule has 2 saturated heterocycles. The van der Waals surface area contributed by atoms with Gasteiger partial charge in [0.2, 0.25) is 11.7 Å². The molecule has 1 N–H and O–H groups in total. The van der Waals surface area contributed by atoms with E-state index in [1.807, 2.05) is 13.8 Å². The van der Waals surface area contributed by atoms with E-state index >= 15 is 0 Å². The lowest BCUT2D eigenvalue weighted by atomic mass is 9.71. The number of carbonyl (C=O) groups excluding carboxylic acids is 2. The number of carbonyl (C=O) groups is 2. The lowest BCUT2D eigenvalue weighted by Crippen LogP contribution is -2.46. The molecule has 0 bridgehead atoms. The first-order chi connectivity index (χ1) is 11.4. The Morgan fingerprint density at radius 3 is 2.67 bits per heavy atom. The summed E-state index contributed by atoms with van der Waals surface area (Å²) >= 11 is 0. The van der Waals surface area contributed by atoms with Crippen molar-refractivity contribution < 1.29 is 14.3 Å². The van der Waals surface area contributed by atoms with Crippen molar-refractivity contribution in [1.29, 1.82) is 0 Å². The van der Waals surface area contributed by atoms with Crippen LogP contribution in [0.4, 0.5) is 0 Å². The fourth-order valence-corrected chi connectivity index (χ4v) is 3.73. The van der Waals surface area contributed by atoms with Crippen LogP contribution in [0.5, 0.6) is 0 Å². The molecule has 8 nitrogen and oxygen atoms in total. The molecule has 0 aliphatic carbocycles. The average molecular weight is 335 g/mol. The zero-order chi connectivity index (χ0) is 17.3. The number of amides is 2. The minimum atomic E-state index is -0.212. The molecule has 1 aromatic rings. The molecular formula is C16H25N5O3. The van der Waals surface area contributed by atoms with Crippen LogP contribution in [0.15, 0.2) is 6.33 Å². The Labute approximate surface area is 141 Å². The second-order valence-corrected chi connectivity index (χ2v) is 7.12. The van der Waals surface area contributed by atoms with Gasteiger partial charge in [0.15, 0.2) is 0 Å². The van der Waals surface area contributed by atoms with Gasteiger partial charge in [0.05, 0.1) is 5.92 Å². The zero-order valence-corrected chi connectivity index (χ0v) is 14.5. The van der Waals surface area contributed by atoms with Crippen molar-refractivity contribution in [3.63, 3.8) is 0 Å². The Morgan fingerprint density at radius 2 is 2.08 bits per heavy atom. The van der Waals surface area contributed by atoms with Gasteiger partial charge in [-0.1, -0.05) is 0 Å². The molecule has 0 unspecified atom stereocenters. The van der Waals surface area contributed by atoms with Crippen molar-refractivity contribution >= 4 is 11.8 Å². The maximum Gasteiger partial charge on any atom is 0.293 e. The molecule has 3 rings (SSSR count). The highest BCUT2D eigenvalue weighted by molar-refractivity contribution is 5.91. The second kappa shape index (κ2) is 6.51. The lowest BCUT2D eigenvalue weighted by Gasteiger charge is -2.37. The molecule has 1 spiro atoms. The first-order valence-electron chi connectivity index (χ1n) is 8.44. The molecule has 3 heterocycles. The van der Waals surface area contributed by atoms with Gasteiger partial charge in [0.25, 0.3) is 5.91 Å². The van der Waals surface area contributed by atoms with E-state index in [0.29, 0.717) is 26.3 Å². The van der Waals surface area contributed by atoms with Crippen molar-refractivity contribution in [1.82, 2.24) is 25.0 Å². The molecule has 24 heavy (non-hydrogen) atoms. The number of nitrogens with one attached hydrogen (secondary N) is 1. The normalized spacial score (nSPS) is 23.0. The Kier molecular flexibility index (Phi) is 4.58. The lowest BCUT2D eigenvalue weighted by molar-refractivity contribution is -0.130. The minimum absolute atomic E-state index is 0.0242. The first-order valence-corrected chi connectivity index (χ1v) is 8.44. The fourth-order valence-electron chi connectivity index (χ4n) is 3.73. The number of likely N-dealkylation sites (tertiary alicyclic amines) is 1. The minimum Gasteiger partial charge on any atom is -0.381 e. The third kappa shape index (κ3) is 3.15. The van der Waals surface area contributed by atoms with Gasteiger partial charge in [-0.25, -0.2) is 4.98 Å². The highest BCUT2D eigenvalue weighted by Gasteiger charge is 2.52. The molecule has 0 radical (unpaired) electrons. The number of rotatable bonds is 3. The van der Waals surface area contributed by atoms with Crippen molar-refractivity contribution in [2.45, 2.75) is 32.7 Å². The largest absolute Gasteiger partial charge is 0.381 e. The van der Waals surface area contributed by atoms with Gasteiger partial charge in [-0.3, -0.25) is 14.3 Å². The highest BCUT2D eigenvalue weighted by Crippen LogP contribution is 2.44. The summed E-state index contributed by atoms with van der Waals surface area (Å²) in [6.07, 6.45) is 3.10. The van der Waals surface area contributed by atoms with E-state index in [4.69, 9.17) is 4.74 Å². The summed E-state index contributed by atoms with van der Waals surface area (Å²) in [6, 6.07) is 0.0802. The van der Waals surface area contributed by atoms with Crippen molar-refractivity contribution in [3.05, 3.63) is 12.2 Å². The van der Waals surface area contributed by atoms with Crippen LogP contribution in [0, 0.1) is 11.3 Å². The van der Waals surface area contributed by atoms with Crippen LogP contribution in [0.3, 0.4) is 0 Å². The van der Waals surface area contributed by atoms with Crippen LogP contribution < -0.4 is 5.32 Å². The first kappa shape index (κ1) is 16.9. The average Bonchev–Trinajstić information content (AvgIpc) is 3.11. The highest BCUT2D eigenvalue weighted by atomic mass is 16.5. The predicted octanol–water partition coefficient (Wildman–Crippen LogP) is 0.209. The zero-order valence-electron chi connectivity index (χ0n) is 14.5. The van der Waals surface area contributed by atoms with Crippen LogP contribution in [0.2, 0.25) is 0 Å². The summed E-state index contributed by atoms with van der Waals surface area (Å²) in [5.74, 6) is -0.210. The van der Waals surface area contributed by atoms with E-state index in [2.05, 4.69) is 15.4 Å². The maximum absolute atomic E-state index is 12.7. The number of ether oxygens (including phenoxy) is 1. The van der Waals surface area contributed by atoms with Crippen molar-refractivity contribution in [2.24, 2.45) is 18.4 Å². The van der Waals surface area contributed by atoms with Crippen LogP contribution in [-0.4, -0.2) is 63.8 Å². The summed E-state index contributed by atoms with van der Waals surface area (Å²) in [7, 11) is 1.73. The van der Waals surface area contributed by atoms with Gasteiger partial charge in [-0.05, 0) is 26.7 Å². The Morgan fingerprint density at radius 1 is 1.38 bits per heavy atom. The molecule has 2 aliphatic heterocycles. The number of hydrogen-bond acceptors (Lipinski definition) is 5. The Hall–Kier alpha value is -1.96. The van der Waals surface area contributed by atoms with Crippen molar-refractivity contribution in [3.8, 4) is 0 Å². The van der Waals surface area contributed by atoms with Crippen LogP contribution in [0.1, 0.15) is 37.3 Å². The summed E-state index contributed by atoms with van der Waals surface area (Å²) in [6.45, 7) is 6.14. The number of nitrogens with zero attached hydrogens (tertiary/aromatic N) is 4. The topological polar surface area (TPSA) is 89.4 Å². The van der Waals surface area contributed by atoms with Gasteiger partial charge in [-0.15, -0.1) is 5.10 Å². The van der Waals surface area contributed by atoms with E-state index in [1.54, 1.807) is 11.9 Å². The van der Waals surface area contributed by atoms with Gasteiger partial charge >= 0.3 is 0 Å². The number of aromatic nitrogens is 3. The molecule has 1 aromatic heterocycles. The van der Waals surface area contributed by atoms with E-state index in [9.17, 15) is 9.59 Å². The summed E-state index contributed by atoms with van der Waals surface area (Å²) < 4.78 is 7.00. The SMILES string of the molecule is CC(C)NC(=O)[C@@H]1CN(C(=O)c2ncn(C)n2)CC12CCOCC2. The van der Waals surface area contributed by atoms with E-state index in [0.717, 1.165) is 12.8 Å². The van der Waals surface area contributed by atoms with Crippen molar-refractivity contribution in [2.75, 3.05) is 26.3 Å². The third-order valence-electron chi connectivity index (χ3n) is 4.96. The van der Waals surface area contributed by atoms with Gasteiger partial charge < -0.3 is 15.0 Å². The summed E-state index contributed by atoms with van der Waals surface area (Å²) in [5, 5.41) is 7.10. The summed E-state index contributed by atoms with van der Waals surface area (Å²) in [4.78, 5) is 31.2. The van der Waals surface area contributed by atoms with E-state index in [1.165, 1.54) is 11.0 Å². The molecule has 0 aromatic carbocycles. The second-order valence-electron chi connectivity index (χ2n) is 7.12. The standard InChI is InChI=1S/C16H25N5O3/c1-11(2)18-14(22)12-8-21(9-16(12)4-6-24-7-5-16)15(23)13-17-10-20(3)19-13/h10-12H,4-9H2,1-3H3,(H,18,22)/t12-/m0/s1. The van der Waals surface area contributed by atoms with Gasteiger partial charge in [0.1, 0.15) is 6.33 Å². The number of aryl methyl sites for hydroxylation is 1. The molecule has 0 saturated carbocycles. The van der Waals surface area contributed by atoms with Gasteiger partial charge in [-0.2, -0.15) is 0 Å². The van der Waals surface area contributed by atoms with Crippen LogP contribution in [0.25, 0.3) is 0 Å². The Bertz CT molecular complexity index is 621. The molecule has 2 amide bonds. The van der Waals surface area contributed by atoms with Crippen LogP contribution in [-0.2, 0) is 16.6 Å². The maximum atomic E-state index is 12.7. The van der Waals surface area contributed by atoms with E-state index < -0.39 is 0 Å².